The zero-order valence-corrected chi connectivity index (χ0v) is 10.3. The van der Waals surface area contributed by atoms with Gasteiger partial charge in [-0.3, -0.25) is 10.1 Å². The minimum Gasteiger partial charge on any atom is -0.298 e. The quantitative estimate of drug-likeness (QED) is 0.889. The molecule has 2 rings (SSSR count). The molecule has 17 heavy (non-hydrogen) atoms. The van der Waals surface area contributed by atoms with Gasteiger partial charge in [-0.25, -0.2) is 9.37 Å². The Balaban J connectivity index is 2.20. The van der Waals surface area contributed by atoms with E-state index in [-0.39, 0.29) is 5.56 Å². The van der Waals surface area contributed by atoms with Crippen LogP contribution in [0.2, 0.25) is 0 Å². The minimum absolute atomic E-state index is 0.0310. The van der Waals surface area contributed by atoms with E-state index in [4.69, 9.17) is 0 Å². The van der Waals surface area contributed by atoms with Gasteiger partial charge in [0.25, 0.3) is 5.91 Å². The highest BCUT2D eigenvalue weighted by atomic mass is 32.1. The van der Waals surface area contributed by atoms with E-state index in [1.54, 1.807) is 19.2 Å². The smallest absolute Gasteiger partial charge is 0.260 e. The largest absolute Gasteiger partial charge is 0.298 e. The second-order valence-electron chi connectivity index (χ2n) is 3.71. The fourth-order valence-electron chi connectivity index (χ4n) is 1.38. The molecule has 1 aromatic heterocycles. The van der Waals surface area contributed by atoms with Crippen LogP contribution in [0.15, 0.2) is 24.4 Å². The molecule has 0 fully saturated rings. The molecule has 1 N–H and O–H groups in total. The van der Waals surface area contributed by atoms with Gasteiger partial charge >= 0.3 is 0 Å². The van der Waals surface area contributed by atoms with Gasteiger partial charge < -0.3 is 0 Å². The third-order valence-corrected chi connectivity index (χ3v) is 3.04. The number of carbonyl (C=O) groups is 1. The summed E-state index contributed by atoms with van der Waals surface area (Å²) in [5.74, 6) is -0.993. The van der Waals surface area contributed by atoms with E-state index in [1.807, 2.05) is 6.92 Å². The van der Waals surface area contributed by atoms with E-state index >= 15 is 0 Å². The van der Waals surface area contributed by atoms with Crippen molar-refractivity contribution in [2.24, 2.45) is 0 Å². The second-order valence-corrected chi connectivity index (χ2v) is 4.95. The number of hydrogen-bond acceptors (Lipinski definition) is 3. The summed E-state index contributed by atoms with van der Waals surface area (Å²) < 4.78 is 13.5. The highest BCUT2D eigenvalue weighted by molar-refractivity contribution is 7.15. The first kappa shape index (κ1) is 11.7. The normalized spacial score (nSPS) is 10.3. The first-order valence-electron chi connectivity index (χ1n) is 5.06. The average Bonchev–Trinajstić information content (AvgIpc) is 2.63. The number of benzene rings is 1. The summed E-state index contributed by atoms with van der Waals surface area (Å²) in [7, 11) is 0. The van der Waals surface area contributed by atoms with Crippen molar-refractivity contribution in [3.63, 3.8) is 0 Å². The van der Waals surface area contributed by atoms with Crippen LogP contribution in [-0.4, -0.2) is 10.9 Å². The van der Waals surface area contributed by atoms with Gasteiger partial charge in [-0.15, -0.1) is 11.3 Å². The van der Waals surface area contributed by atoms with Crippen LogP contribution in [0.25, 0.3) is 0 Å². The van der Waals surface area contributed by atoms with Crippen molar-refractivity contribution >= 4 is 22.4 Å². The maximum absolute atomic E-state index is 13.5. The Kier molecular flexibility index (Phi) is 3.19. The molecule has 0 unspecified atom stereocenters. The number of rotatable bonds is 2. The van der Waals surface area contributed by atoms with Crippen molar-refractivity contribution in [1.29, 1.82) is 0 Å². The molecule has 0 atom stereocenters. The number of anilines is 1. The van der Waals surface area contributed by atoms with Gasteiger partial charge in [-0.05, 0) is 31.5 Å². The second kappa shape index (κ2) is 4.63. The molecule has 0 spiro atoms. The van der Waals surface area contributed by atoms with Crippen LogP contribution in [0, 0.1) is 19.7 Å². The summed E-state index contributed by atoms with van der Waals surface area (Å²) in [6.45, 7) is 3.66. The van der Waals surface area contributed by atoms with Gasteiger partial charge in [-0.1, -0.05) is 6.07 Å². The van der Waals surface area contributed by atoms with Crippen molar-refractivity contribution in [2.45, 2.75) is 13.8 Å². The zero-order valence-electron chi connectivity index (χ0n) is 9.45. The van der Waals surface area contributed by atoms with E-state index in [9.17, 15) is 9.18 Å². The predicted octanol–water partition coefficient (Wildman–Crippen LogP) is 3.15. The van der Waals surface area contributed by atoms with Gasteiger partial charge in [0.2, 0.25) is 0 Å². The minimum atomic E-state index is -0.518. The molecule has 5 heteroatoms. The van der Waals surface area contributed by atoms with Crippen LogP contribution in [0.4, 0.5) is 9.52 Å². The molecule has 1 aromatic carbocycles. The Morgan fingerprint density at radius 2 is 2.18 bits per heavy atom. The third kappa shape index (κ3) is 2.68. The summed E-state index contributed by atoms with van der Waals surface area (Å²) in [6.07, 6.45) is 1.66. The number of aryl methyl sites for hydroxylation is 2. The predicted molar refractivity (Wildman–Crippen MR) is 65.9 cm³/mol. The van der Waals surface area contributed by atoms with Crippen molar-refractivity contribution in [3.05, 3.63) is 46.2 Å². The van der Waals surface area contributed by atoms with Gasteiger partial charge in [0.15, 0.2) is 5.13 Å². The number of aromatic nitrogens is 1. The molecule has 1 amide bonds. The molecule has 0 radical (unpaired) electrons. The molecule has 0 saturated carbocycles. The van der Waals surface area contributed by atoms with Crippen molar-refractivity contribution in [1.82, 2.24) is 4.98 Å². The SMILES string of the molecule is Cc1ccc(C(=O)Nc2ncc(C)s2)c(F)c1. The van der Waals surface area contributed by atoms with Gasteiger partial charge in [-0.2, -0.15) is 0 Å². The molecule has 0 aliphatic carbocycles. The standard InChI is InChI=1S/C12H11FN2OS/c1-7-3-4-9(10(13)5-7)11(16)15-12-14-6-8(2)17-12/h3-6H,1-2H3,(H,14,15,16). The monoisotopic (exact) mass is 250 g/mol. The van der Waals surface area contributed by atoms with E-state index < -0.39 is 11.7 Å². The van der Waals surface area contributed by atoms with Crippen LogP contribution in [0.5, 0.6) is 0 Å². The van der Waals surface area contributed by atoms with Crippen LogP contribution in [0.1, 0.15) is 20.8 Å². The molecule has 88 valence electrons. The average molecular weight is 250 g/mol. The van der Waals surface area contributed by atoms with Gasteiger partial charge in [0, 0.05) is 11.1 Å². The summed E-state index contributed by atoms with van der Waals surface area (Å²) in [5.41, 5.74) is 0.813. The van der Waals surface area contributed by atoms with E-state index in [0.29, 0.717) is 5.13 Å². The molecule has 1 heterocycles. The Morgan fingerprint density at radius 1 is 1.41 bits per heavy atom. The number of amides is 1. The van der Waals surface area contributed by atoms with Crippen LogP contribution in [-0.2, 0) is 0 Å². The number of hydrogen-bond donors (Lipinski definition) is 1. The molecule has 3 nitrogen and oxygen atoms in total. The van der Waals surface area contributed by atoms with E-state index in [1.165, 1.54) is 23.5 Å². The Hall–Kier alpha value is -1.75. The van der Waals surface area contributed by atoms with E-state index in [0.717, 1.165) is 10.4 Å². The van der Waals surface area contributed by atoms with Crippen molar-refractivity contribution in [3.8, 4) is 0 Å². The maximum atomic E-state index is 13.5. The summed E-state index contributed by atoms with van der Waals surface area (Å²) in [4.78, 5) is 16.8. The first-order chi connectivity index (χ1) is 8.06. The number of nitrogens with one attached hydrogen (secondary N) is 1. The van der Waals surface area contributed by atoms with Crippen LogP contribution in [0.3, 0.4) is 0 Å². The lowest BCUT2D eigenvalue weighted by Crippen LogP contribution is -2.13. The fraction of sp³-hybridized carbons (Fsp3) is 0.167. The highest BCUT2D eigenvalue weighted by Crippen LogP contribution is 2.18. The summed E-state index contributed by atoms with van der Waals surface area (Å²) >= 11 is 1.35. The van der Waals surface area contributed by atoms with E-state index in [2.05, 4.69) is 10.3 Å². The molecular weight excluding hydrogens is 239 g/mol. The first-order valence-corrected chi connectivity index (χ1v) is 5.88. The topological polar surface area (TPSA) is 42.0 Å². The lowest BCUT2D eigenvalue weighted by atomic mass is 10.1. The number of halogens is 1. The van der Waals surface area contributed by atoms with Crippen LogP contribution < -0.4 is 5.32 Å². The van der Waals surface area contributed by atoms with Crippen LogP contribution >= 0.6 is 11.3 Å². The molecular formula is C12H11FN2OS. The maximum Gasteiger partial charge on any atom is 0.260 e. The molecule has 0 bridgehead atoms. The Labute approximate surface area is 102 Å². The number of nitrogens with zero attached hydrogens (tertiary/aromatic N) is 1. The Bertz CT molecular complexity index is 565. The third-order valence-electron chi connectivity index (χ3n) is 2.21. The molecule has 0 aliphatic heterocycles. The lowest BCUT2D eigenvalue weighted by Gasteiger charge is -2.03. The lowest BCUT2D eigenvalue weighted by molar-refractivity contribution is 0.102. The molecule has 0 saturated heterocycles. The van der Waals surface area contributed by atoms with Crippen molar-refractivity contribution in [2.75, 3.05) is 5.32 Å². The summed E-state index contributed by atoms with van der Waals surface area (Å²) in [6, 6.07) is 4.51. The molecule has 2 aromatic rings. The van der Waals surface area contributed by atoms with Crippen molar-refractivity contribution < 1.29 is 9.18 Å². The number of carbonyl (C=O) groups excluding carboxylic acids is 1. The molecule has 0 aliphatic rings. The van der Waals surface area contributed by atoms with Gasteiger partial charge in [0.1, 0.15) is 5.82 Å². The number of thiazole rings is 1. The van der Waals surface area contributed by atoms with Gasteiger partial charge in [0.05, 0.1) is 5.56 Å². The Morgan fingerprint density at radius 3 is 2.76 bits per heavy atom. The summed E-state index contributed by atoms with van der Waals surface area (Å²) in [5, 5.41) is 3.05. The highest BCUT2D eigenvalue weighted by Gasteiger charge is 2.12. The fourth-order valence-corrected chi connectivity index (χ4v) is 2.04. The zero-order chi connectivity index (χ0) is 12.4.